The summed E-state index contributed by atoms with van der Waals surface area (Å²) in [6.07, 6.45) is 0.215. The fourth-order valence-corrected chi connectivity index (χ4v) is 3.04. The van der Waals surface area contributed by atoms with E-state index >= 15 is 0 Å². The fraction of sp³-hybridized carbons (Fsp3) is 0.182. The number of pyridine rings is 1. The number of nitrogens with zero attached hydrogens (tertiary/aromatic N) is 3. The van der Waals surface area contributed by atoms with Crippen LogP contribution in [0.25, 0.3) is 22.2 Å². The largest absolute Gasteiger partial charge is 0.452 e. The summed E-state index contributed by atoms with van der Waals surface area (Å²) in [5.74, 6) is -1.00. The van der Waals surface area contributed by atoms with Crippen molar-refractivity contribution in [2.45, 2.75) is 6.42 Å². The van der Waals surface area contributed by atoms with Crippen LogP contribution in [0.1, 0.15) is 16.8 Å². The summed E-state index contributed by atoms with van der Waals surface area (Å²) < 4.78 is 5.25. The first kappa shape index (κ1) is 20.3. The summed E-state index contributed by atoms with van der Waals surface area (Å²) in [5, 5.41) is 9.76. The Morgan fingerprint density at radius 1 is 1.17 bits per heavy atom. The molecule has 7 heteroatoms. The highest BCUT2D eigenvalue weighted by Crippen LogP contribution is 2.30. The van der Waals surface area contributed by atoms with Crippen LogP contribution in [0.15, 0.2) is 54.6 Å². The van der Waals surface area contributed by atoms with Gasteiger partial charge in [-0.05, 0) is 18.2 Å². The lowest BCUT2D eigenvalue weighted by Gasteiger charge is -2.15. The molecular formula is C22H18ClN3O3. The molecule has 0 N–H and O–H groups in total. The maximum atomic E-state index is 12.8. The van der Waals surface area contributed by atoms with Crippen molar-refractivity contribution in [2.75, 3.05) is 20.2 Å². The van der Waals surface area contributed by atoms with Crippen molar-refractivity contribution in [1.82, 2.24) is 9.88 Å². The Balaban J connectivity index is 1.90. The van der Waals surface area contributed by atoms with Gasteiger partial charge in [-0.25, -0.2) is 9.78 Å². The molecule has 0 fully saturated rings. The Morgan fingerprint density at radius 3 is 2.66 bits per heavy atom. The van der Waals surface area contributed by atoms with E-state index in [9.17, 15) is 9.59 Å². The summed E-state index contributed by atoms with van der Waals surface area (Å²) >= 11 is 6.29. The van der Waals surface area contributed by atoms with E-state index in [-0.39, 0.29) is 18.9 Å². The van der Waals surface area contributed by atoms with Crippen molar-refractivity contribution < 1.29 is 14.3 Å². The van der Waals surface area contributed by atoms with E-state index in [4.69, 9.17) is 21.6 Å². The van der Waals surface area contributed by atoms with Crippen molar-refractivity contribution in [2.24, 2.45) is 0 Å². The molecule has 146 valence electrons. The number of halogens is 1. The number of likely N-dealkylation sites (N-methyl/N-ethyl adjacent to an activating group) is 1. The topological polar surface area (TPSA) is 83.3 Å². The molecule has 0 aliphatic carbocycles. The predicted molar refractivity (Wildman–Crippen MR) is 110 cm³/mol. The number of para-hydroxylation sites is 1. The van der Waals surface area contributed by atoms with E-state index in [0.29, 0.717) is 32.7 Å². The van der Waals surface area contributed by atoms with E-state index in [1.807, 2.05) is 30.3 Å². The number of rotatable bonds is 6. The van der Waals surface area contributed by atoms with Gasteiger partial charge in [0.05, 0.1) is 29.3 Å². The lowest BCUT2D eigenvalue weighted by atomic mass is 10.0. The molecule has 1 aromatic heterocycles. The summed E-state index contributed by atoms with van der Waals surface area (Å²) in [4.78, 5) is 30.8. The van der Waals surface area contributed by atoms with Gasteiger partial charge < -0.3 is 9.64 Å². The van der Waals surface area contributed by atoms with Crippen LogP contribution < -0.4 is 0 Å². The minimum absolute atomic E-state index is 0.215. The van der Waals surface area contributed by atoms with Gasteiger partial charge in [-0.15, -0.1) is 0 Å². The molecule has 3 rings (SSSR count). The third kappa shape index (κ3) is 4.71. The van der Waals surface area contributed by atoms with E-state index < -0.39 is 12.6 Å². The second kappa shape index (κ2) is 9.18. The standard InChI is InChI=1S/C22H18ClN3O3/c1-26(12-6-11-24)21(27)14-29-22(28)17-13-20(16-8-2-4-9-18(16)23)25-19-10-5-3-7-15(17)19/h2-5,7-10,13H,6,12,14H2,1H3. The van der Waals surface area contributed by atoms with E-state index in [0.717, 1.165) is 0 Å². The van der Waals surface area contributed by atoms with Gasteiger partial charge in [-0.3, -0.25) is 4.79 Å². The highest BCUT2D eigenvalue weighted by atomic mass is 35.5. The summed E-state index contributed by atoms with van der Waals surface area (Å²) in [6.45, 7) is -0.124. The summed E-state index contributed by atoms with van der Waals surface area (Å²) in [5.41, 5.74) is 2.16. The number of esters is 1. The zero-order valence-corrected chi connectivity index (χ0v) is 16.5. The number of carbonyl (C=O) groups is 2. The molecular weight excluding hydrogens is 390 g/mol. The highest BCUT2D eigenvalue weighted by Gasteiger charge is 2.18. The van der Waals surface area contributed by atoms with Crippen molar-refractivity contribution in [1.29, 1.82) is 5.26 Å². The Hall–Kier alpha value is -3.43. The maximum absolute atomic E-state index is 12.8. The van der Waals surface area contributed by atoms with Crippen LogP contribution in [0.2, 0.25) is 5.02 Å². The molecule has 0 saturated carbocycles. The SMILES string of the molecule is CN(CCC#N)C(=O)COC(=O)c1cc(-c2ccccc2Cl)nc2ccccc12. The highest BCUT2D eigenvalue weighted by molar-refractivity contribution is 6.33. The normalized spacial score (nSPS) is 10.4. The number of amides is 1. The zero-order chi connectivity index (χ0) is 20.8. The lowest BCUT2D eigenvalue weighted by molar-refractivity contribution is -0.133. The molecule has 0 aliphatic rings. The van der Waals surface area contributed by atoms with Crippen LogP contribution in [0.3, 0.4) is 0 Å². The van der Waals surface area contributed by atoms with Crippen LogP contribution >= 0.6 is 11.6 Å². The molecule has 29 heavy (non-hydrogen) atoms. The molecule has 0 radical (unpaired) electrons. The summed E-state index contributed by atoms with van der Waals surface area (Å²) in [7, 11) is 1.56. The lowest BCUT2D eigenvalue weighted by Crippen LogP contribution is -2.32. The van der Waals surface area contributed by atoms with Crippen molar-refractivity contribution in [3.63, 3.8) is 0 Å². The summed E-state index contributed by atoms with van der Waals surface area (Å²) in [6, 6.07) is 18.0. The minimum atomic E-state index is -0.626. The molecule has 0 saturated heterocycles. The predicted octanol–water partition coefficient (Wildman–Crippen LogP) is 4.08. The third-order valence-corrected chi connectivity index (χ3v) is 4.73. The van der Waals surface area contributed by atoms with Crippen LogP contribution in [0.5, 0.6) is 0 Å². The van der Waals surface area contributed by atoms with Gasteiger partial charge in [-0.1, -0.05) is 48.0 Å². The second-order valence-electron chi connectivity index (χ2n) is 6.35. The molecule has 0 spiro atoms. The van der Waals surface area contributed by atoms with E-state index in [2.05, 4.69) is 4.98 Å². The van der Waals surface area contributed by atoms with Crippen LogP contribution in [0.4, 0.5) is 0 Å². The molecule has 0 unspecified atom stereocenters. The van der Waals surface area contributed by atoms with Crippen molar-refractivity contribution in [3.8, 4) is 17.3 Å². The Bertz CT molecular complexity index is 1110. The quantitative estimate of drug-likeness (QED) is 0.575. The molecule has 1 amide bonds. The first-order chi connectivity index (χ1) is 14.0. The number of aromatic nitrogens is 1. The Morgan fingerprint density at radius 2 is 1.90 bits per heavy atom. The van der Waals surface area contributed by atoms with E-state index in [1.54, 1.807) is 37.4 Å². The van der Waals surface area contributed by atoms with Gasteiger partial charge in [-0.2, -0.15) is 5.26 Å². The van der Waals surface area contributed by atoms with Crippen LogP contribution in [-0.2, 0) is 9.53 Å². The monoisotopic (exact) mass is 407 g/mol. The van der Waals surface area contributed by atoms with Gasteiger partial charge in [0.15, 0.2) is 6.61 Å². The van der Waals surface area contributed by atoms with Crippen molar-refractivity contribution >= 4 is 34.4 Å². The maximum Gasteiger partial charge on any atom is 0.339 e. The molecule has 6 nitrogen and oxygen atoms in total. The number of hydrogen-bond acceptors (Lipinski definition) is 5. The van der Waals surface area contributed by atoms with Crippen LogP contribution in [-0.4, -0.2) is 42.0 Å². The smallest absolute Gasteiger partial charge is 0.339 e. The minimum Gasteiger partial charge on any atom is -0.452 e. The number of nitriles is 1. The second-order valence-corrected chi connectivity index (χ2v) is 6.76. The van der Waals surface area contributed by atoms with E-state index in [1.165, 1.54) is 4.90 Å². The van der Waals surface area contributed by atoms with Gasteiger partial charge in [0.1, 0.15) is 0 Å². The van der Waals surface area contributed by atoms with Crippen molar-refractivity contribution in [3.05, 3.63) is 65.2 Å². The Labute approximate surface area is 173 Å². The first-order valence-corrected chi connectivity index (χ1v) is 9.32. The molecule has 2 aromatic carbocycles. The first-order valence-electron chi connectivity index (χ1n) is 8.94. The average molecular weight is 408 g/mol. The van der Waals surface area contributed by atoms with Gasteiger partial charge in [0.2, 0.25) is 0 Å². The number of carbonyl (C=O) groups excluding carboxylic acids is 2. The molecule has 0 atom stereocenters. The number of fused-ring (bicyclic) bond motifs is 1. The molecule has 3 aromatic rings. The zero-order valence-electron chi connectivity index (χ0n) is 15.8. The molecule has 0 bridgehead atoms. The van der Waals surface area contributed by atoms with Crippen LogP contribution in [0, 0.1) is 11.3 Å². The average Bonchev–Trinajstić information content (AvgIpc) is 2.75. The van der Waals surface area contributed by atoms with Gasteiger partial charge in [0.25, 0.3) is 5.91 Å². The molecule has 1 heterocycles. The number of benzene rings is 2. The number of ether oxygens (including phenoxy) is 1. The van der Waals surface area contributed by atoms with Gasteiger partial charge in [0, 0.05) is 29.6 Å². The third-order valence-electron chi connectivity index (χ3n) is 4.40. The fourth-order valence-electron chi connectivity index (χ4n) is 2.81. The number of hydrogen-bond donors (Lipinski definition) is 0. The Kier molecular flexibility index (Phi) is 6.43. The van der Waals surface area contributed by atoms with Gasteiger partial charge >= 0.3 is 5.97 Å². The molecule has 0 aliphatic heterocycles.